The Bertz CT molecular complexity index is 1290. The number of fused-ring (bicyclic) bond motifs is 1. The third-order valence-corrected chi connectivity index (χ3v) is 4.88. The molecule has 7 nitrogen and oxygen atoms in total. The lowest BCUT2D eigenvalue weighted by Crippen LogP contribution is -2.18. The van der Waals surface area contributed by atoms with E-state index in [0.717, 1.165) is 16.5 Å². The molecular weight excluding hydrogens is 406 g/mol. The SMILES string of the molecule is O=C(N/N=C/c1ccc(OCc2cccc3ccccc23)cc1)c1ccccc1[N+](=O)[O-]. The molecule has 4 rings (SSSR count). The van der Waals surface area contributed by atoms with E-state index in [0.29, 0.717) is 12.4 Å². The molecule has 0 fully saturated rings. The number of amides is 1. The van der Waals surface area contributed by atoms with Crippen molar-refractivity contribution in [2.45, 2.75) is 6.61 Å². The molecule has 1 amide bonds. The van der Waals surface area contributed by atoms with Crippen molar-refractivity contribution < 1.29 is 14.5 Å². The van der Waals surface area contributed by atoms with Crippen LogP contribution in [0.15, 0.2) is 96.1 Å². The van der Waals surface area contributed by atoms with Gasteiger partial charge in [0.15, 0.2) is 0 Å². The predicted octanol–water partition coefficient (Wildman–Crippen LogP) is 5.09. The summed E-state index contributed by atoms with van der Waals surface area (Å²) in [6.07, 6.45) is 1.46. The first-order chi connectivity index (χ1) is 15.6. The van der Waals surface area contributed by atoms with Crippen LogP contribution in [0, 0.1) is 10.1 Å². The summed E-state index contributed by atoms with van der Waals surface area (Å²) in [5.41, 5.74) is 3.84. The van der Waals surface area contributed by atoms with Crippen LogP contribution in [0.1, 0.15) is 21.5 Å². The molecular formula is C25H19N3O4. The Morgan fingerprint density at radius 3 is 2.47 bits per heavy atom. The first-order valence-corrected chi connectivity index (χ1v) is 9.88. The fourth-order valence-corrected chi connectivity index (χ4v) is 3.28. The number of benzene rings is 4. The van der Waals surface area contributed by atoms with Crippen LogP contribution in [0.4, 0.5) is 5.69 Å². The van der Waals surface area contributed by atoms with Gasteiger partial charge < -0.3 is 4.74 Å². The minimum absolute atomic E-state index is 0.0492. The van der Waals surface area contributed by atoms with E-state index in [-0.39, 0.29) is 11.3 Å². The van der Waals surface area contributed by atoms with Crippen LogP contribution in [0.5, 0.6) is 5.75 Å². The zero-order chi connectivity index (χ0) is 22.3. The topological polar surface area (TPSA) is 93.8 Å². The fourth-order valence-electron chi connectivity index (χ4n) is 3.28. The molecule has 0 bridgehead atoms. The lowest BCUT2D eigenvalue weighted by molar-refractivity contribution is -0.385. The number of hydrogen-bond acceptors (Lipinski definition) is 5. The van der Waals surface area contributed by atoms with Gasteiger partial charge in [0.2, 0.25) is 0 Å². The lowest BCUT2D eigenvalue weighted by Gasteiger charge is -2.09. The van der Waals surface area contributed by atoms with E-state index in [1.54, 1.807) is 18.2 Å². The second kappa shape index (κ2) is 9.53. The highest BCUT2D eigenvalue weighted by Crippen LogP contribution is 2.21. The van der Waals surface area contributed by atoms with E-state index < -0.39 is 10.8 Å². The molecule has 0 aliphatic rings. The summed E-state index contributed by atoms with van der Waals surface area (Å²) < 4.78 is 5.91. The van der Waals surface area contributed by atoms with Gasteiger partial charge in [-0.3, -0.25) is 14.9 Å². The molecule has 0 atom stereocenters. The number of nitrogens with one attached hydrogen (secondary N) is 1. The van der Waals surface area contributed by atoms with Crippen molar-refractivity contribution in [2.75, 3.05) is 0 Å². The Hall–Kier alpha value is -4.52. The first kappa shape index (κ1) is 20.7. The van der Waals surface area contributed by atoms with Gasteiger partial charge in [-0.2, -0.15) is 5.10 Å². The summed E-state index contributed by atoms with van der Waals surface area (Å²) in [5, 5.41) is 17.3. The maximum atomic E-state index is 12.2. The van der Waals surface area contributed by atoms with Crippen LogP contribution < -0.4 is 10.2 Å². The Morgan fingerprint density at radius 1 is 0.938 bits per heavy atom. The number of hydrazone groups is 1. The number of carbonyl (C=O) groups excluding carboxylic acids is 1. The summed E-state index contributed by atoms with van der Waals surface area (Å²) in [5.74, 6) is 0.0580. The van der Waals surface area contributed by atoms with Crippen molar-refractivity contribution in [3.63, 3.8) is 0 Å². The van der Waals surface area contributed by atoms with Gasteiger partial charge in [-0.15, -0.1) is 0 Å². The summed E-state index contributed by atoms with van der Waals surface area (Å²) in [6.45, 7) is 0.445. The predicted molar refractivity (Wildman–Crippen MR) is 123 cm³/mol. The van der Waals surface area contributed by atoms with E-state index in [2.05, 4.69) is 28.7 Å². The van der Waals surface area contributed by atoms with Crippen LogP contribution in [0.3, 0.4) is 0 Å². The average Bonchev–Trinajstić information content (AvgIpc) is 2.83. The van der Waals surface area contributed by atoms with Gasteiger partial charge in [-0.25, -0.2) is 5.43 Å². The molecule has 0 radical (unpaired) electrons. The summed E-state index contributed by atoms with van der Waals surface area (Å²) >= 11 is 0. The maximum Gasteiger partial charge on any atom is 0.282 e. The Kier molecular flexibility index (Phi) is 6.17. The van der Waals surface area contributed by atoms with E-state index in [1.807, 2.05) is 36.4 Å². The molecule has 0 spiro atoms. The van der Waals surface area contributed by atoms with E-state index in [1.165, 1.54) is 29.8 Å². The monoisotopic (exact) mass is 425 g/mol. The van der Waals surface area contributed by atoms with E-state index in [9.17, 15) is 14.9 Å². The van der Waals surface area contributed by atoms with Gasteiger partial charge in [0.05, 0.1) is 11.1 Å². The van der Waals surface area contributed by atoms with E-state index in [4.69, 9.17) is 4.74 Å². The normalized spacial score (nSPS) is 10.9. The van der Waals surface area contributed by atoms with Gasteiger partial charge >= 0.3 is 0 Å². The van der Waals surface area contributed by atoms with Crippen LogP contribution in [-0.2, 0) is 6.61 Å². The van der Waals surface area contributed by atoms with Gasteiger partial charge in [0, 0.05) is 6.07 Å². The third-order valence-electron chi connectivity index (χ3n) is 4.88. The minimum atomic E-state index is -0.649. The van der Waals surface area contributed by atoms with Crippen molar-refractivity contribution in [3.05, 3.63) is 118 Å². The highest BCUT2D eigenvalue weighted by atomic mass is 16.6. The zero-order valence-electron chi connectivity index (χ0n) is 17.0. The van der Waals surface area contributed by atoms with E-state index >= 15 is 0 Å². The maximum absolute atomic E-state index is 12.2. The molecule has 1 N–H and O–H groups in total. The molecule has 0 heterocycles. The number of rotatable bonds is 7. The number of nitrogens with zero attached hydrogens (tertiary/aromatic N) is 2. The summed E-state index contributed by atoms with van der Waals surface area (Å²) in [7, 11) is 0. The molecule has 0 unspecified atom stereocenters. The average molecular weight is 425 g/mol. The highest BCUT2D eigenvalue weighted by molar-refractivity contribution is 5.98. The highest BCUT2D eigenvalue weighted by Gasteiger charge is 2.18. The van der Waals surface area contributed by atoms with Crippen LogP contribution in [0.2, 0.25) is 0 Å². The summed E-state index contributed by atoms with van der Waals surface area (Å²) in [4.78, 5) is 22.6. The molecule has 32 heavy (non-hydrogen) atoms. The molecule has 4 aromatic rings. The third kappa shape index (κ3) is 4.79. The number of nitro groups is 1. The van der Waals surface area contributed by atoms with Crippen molar-refractivity contribution in [1.29, 1.82) is 0 Å². The molecule has 4 aromatic carbocycles. The number of hydrogen-bond donors (Lipinski definition) is 1. The zero-order valence-corrected chi connectivity index (χ0v) is 17.0. The minimum Gasteiger partial charge on any atom is -0.489 e. The summed E-state index contributed by atoms with van der Waals surface area (Å²) in [6, 6.07) is 27.2. The Morgan fingerprint density at radius 2 is 1.66 bits per heavy atom. The van der Waals surface area contributed by atoms with Gasteiger partial charge in [-0.1, -0.05) is 54.6 Å². The second-order valence-electron chi connectivity index (χ2n) is 6.97. The first-order valence-electron chi connectivity index (χ1n) is 9.88. The van der Waals surface area contributed by atoms with Crippen LogP contribution >= 0.6 is 0 Å². The number of nitro benzene ring substituents is 1. The van der Waals surface area contributed by atoms with Crippen LogP contribution in [0.25, 0.3) is 10.8 Å². The molecule has 0 aliphatic heterocycles. The standard InChI is InChI=1S/C25H19N3O4/c29-25(23-10-3-4-11-24(23)28(30)31)27-26-16-18-12-14-21(15-13-18)32-17-20-8-5-7-19-6-1-2-9-22(19)20/h1-16H,17H2,(H,27,29)/b26-16+. The van der Waals surface area contributed by atoms with Gasteiger partial charge in [-0.05, 0) is 52.2 Å². The largest absolute Gasteiger partial charge is 0.489 e. The lowest BCUT2D eigenvalue weighted by atomic mass is 10.1. The fraction of sp³-hybridized carbons (Fsp3) is 0.0400. The van der Waals surface area contributed by atoms with Crippen molar-refractivity contribution in [1.82, 2.24) is 5.43 Å². The van der Waals surface area contributed by atoms with Gasteiger partial charge in [0.25, 0.3) is 11.6 Å². The molecule has 0 saturated heterocycles. The number of ether oxygens (including phenoxy) is 1. The second-order valence-corrected chi connectivity index (χ2v) is 6.97. The quantitative estimate of drug-likeness (QED) is 0.253. The molecule has 0 aliphatic carbocycles. The smallest absolute Gasteiger partial charge is 0.282 e. The van der Waals surface area contributed by atoms with Gasteiger partial charge in [0.1, 0.15) is 17.9 Å². The molecule has 7 heteroatoms. The van der Waals surface area contributed by atoms with Crippen molar-refractivity contribution in [2.24, 2.45) is 5.10 Å². The van der Waals surface area contributed by atoms with Crippen molar-refractivity contribution in [3.8, 4) is 5.75 Å². The van der Waals surface area contributed by atoms with Crippen molar-refractivity contribution >= 4 is 28.6 Å². The Labute approximate surface area is 184 Å². The van der Waals surface area contributed by atoms with Crippen LogP contribution in [-0.4, -0.2) is 17.0 Å². The Balaban J connectivity index is 1.36. The number of para-hydroxylation sites is 1. The number of carbonyl (C=O) groups is 1. The molecule has 0 saturated carbocycles. The molecule has 0 aromatic heterocycles. The molecule has 158 valence electrons.